The first-order valence-electron chi connectivity index (χ1n) is 8.78. The first kappa shape index (κ1) is 19.9. The number of para-hydroxylation sites is 1. The molecule has 148 valence electrons. The van der Waals surface area contributed by atoms with Gasteiger partial charge >= 0.3 is 6.03 Å². The molecule has 28 heavy (non-hydrogen) atoms. The number of amides is 3. The predicted molar refractivity (Wildman–Crippen MR) is 111 cm³/mol. The van der Waals surface area contributed by atoms with E-state index in [0.717, 1.165) is 10.6 Å². The molecule has 1 aliphatic rings. The van der Waals surface area contributed by atoms with Gasteiger partial charge in [0.05, 0.1) is 19.9 Å². The number of hydrogen-bond donors (Lipinski definition) is 1. The monoisotopic (exact) mass is 401 g/mol. The van der Waals surface area contributed by atoms with Gasteiger partial charge in [0, 0.05) is 29.7 Å². The number of methoxy groups -OCH3 is 2. The third kappa shape index (κ3) is 4.17. The van der Waals surface area contributed by atoms with Gasteiger partial charge in [0.1, 0.15) is 6.54 Å². The molecule has 1 fully saturated rings. The summed E-state index contributed by atoms with van der Waals surface area (Å²) in [5, 5.41) is 2.89. The summed E-state index contributed by atoms with van der Waals surface area (Å²) in [6, 6.07) is 12.7. The molecule has 0 bridgehead atoms. The van der Waals surface area contributed by atoms with Crippen LogP contribution in [-0.4, -0.2) is 56.9 Å². The standard InChI is InChI=1S/C20H23N3O4S/c1-26-16-9-8-14(12-17(16)27-2)23-11-10-22(20(23)25)13-19(24)21-15-6-4-5-7-18(15)28-3/h4-9,12H,10-11,13H2,1-3H3,(H,21,24). The fraction of sp³-hybridized carbons (Fsp3) is 0.300. The first-order valence-corrected chi connectivity index (χ1v) is 10.0. The van der Waals surface area contributed by atoms with E-state index in [2.05, 4.69) is 5.32 Å². The fourth-order valence-electron chi connectivity index (χ4n) is 3.07. The van der Waals surface area contributed by atoms with E-state index in [1.54, 1.807) is 49.1 Å². The van der Waals surface area contributed by atoms with E-state index in [4.69, 9.17) is 9.47 Å². The molecule has 3 amide bonds. The zero-order valence-corrected chi connectivity index (χ0v) is 16.9. The van der Waals surface area contributed by atoms with E-state index in [-0.39, 0.29) is 18.5 Å². The van der Waals surface area contributed by atoms with E-state index < -0.39 is 0 Å². The highest BCUT2D eigenvalue weighted by molar-refractivity contribution is 7.98. The van der Waals surface area contributed by atoms with Crippen molar-refractivity contribution in [2.24, 2.45) is 0 Å². The van der Waals surface area contributed by atoms with Crippen LogP contribution in [0.15, 0.2) is 47.4 Å². The van der Waals surface area contributed by atoms with Crippen LogP contribution >= 0.6 is 11.8 Å². The molecule has 0 unspecified atom stereocenters. The number of nitrogens with one attached hydrogen (secondary N) is 1. The molecule has 0 spiro atoms. The maximum Gasteiger partial charge on any atom is 0.325 e. The topological polar surface area (TPSA) is 71.1 Å². The van der Waals surface area contributed by atoms with E-state index in [0.29, 0.717) is 30.3 Å². The van der Waals surface area contributed by atoms with Crippen molar-refractivity contribution < 1.29 is 19.1 Å². The van der Waals surface area contributed by atoms with Crippen LogP contribution in [-0.2, 0) is 4.79 Å². The van der Waals surface area contributed by atoms with Gasteiger partial charge in [0.2, 0.25) is 5.91 Å². The molecule has 0 atom stereocenters. The quantitative estimate of drug-likeness (QED) is 0.721. The molecule has 0 saturated carbocycles. The van der Waals surface area contributed by atoms with Crippen molar-refractivity contribution in [1.29, 1.82) is 0 Å². The Labute approximate surface area is 168 Å². The number of nitrogens with zero attached hydrogens (tertiary/aromatic N) is 2. The zero-order chi connectivity index (χ0) is 20.1. The second-order valence-corrected chi connectivity index (χ2v) is 6.99. The van der Waals surface area contributed by atoms with E-state index >= 15 is 0 Å². The van der Waals surface area contributed by atoms with Crippen molar-refractivity contribution in [3.05, 3.63) is 42.5 Å². The molecule has 0 aliphatic carbocycles. The average molecular weight is 401 g/mol. The number of ether oxygens (including phenoxy) is 2. The van der Waals surface area contributed by atoms with Crippen molar-refractivity contribution in [2.75, 3.05) is 50.3 Å². The van der Waals surface area contributed by atoms with E-state index in [1.807, 2.05) is 30.5 Å². The Morgan fingerprint density at radius 2 is 1.86 bits per heavy atom. The summed E-state index contributed by atoms with van der Waals surface area (Å²) in [4.78, 5) is 29.4. The number of benzene rings is 2. The highest BCUT2D eigenvalue weighted by Gasteiger charge is 2.31. The molecule has 1 saturated heterocycles. The van der Waals surface area contributed by atoms with Crippen molar-refractivity contribution in [3.63, 3.8) is 0 Å². The number of urea groups is 1. The van der Waals surface area contributed by atoms with E-state index in [1.165, 1.54) is 4.90 Å². The summed E-state index contributed by atoms with van der Waals surface area (Å²) in [5.41, 5.74) is 1.46. The Balaban J connectivity index is 1.66. The molecule has 7 nitrogen and oxygen atoms in total. The third-order valence-corrected chi connectivity index (χ3v) is 5.29. The number of anilines is 2. The van der Waals surface area contributed by atoms with Crippen LogP contribution in [0.25, 0.3) is 0 Å². The minimum absolute atomic E-state index is 0.00530. The van der Waals surface area contributed by atoms with Crippen LogP contribution in [0, 0.1) is 0 Å². The minimum atomic E-state index is -0.219. The molecule has 2 aromatic carbocycles. The maximum atomic E-state index is 12.8. The van der Waals surface area contributed by atoms with Gasteiger partial charge in [0.25, 0.3) is 0 Å². The highest BCUT2D eigenvalue weighted by atomic mass is 32.2. The number of hydrogen-bond acceptors (Lipinski definition) is 5. The Morgan fingerprint density at radius 3 is 2.57 bits per heavy atom. The summed E-state index contributed by atoms with van der Waals surface area (Å²) >= 11 is 1.56. The van der Waals surface area contributed by atoms with Gasteiger partial charge in [-0.05, 0) is 30.5 Å². The second-order valence-electron chi connectivity index (χ2n) is 6.14. The van der Waals surface area contributed by atoms with Crippen LogP contribution in [0.5, 0.6) is 11.5 Å². The predicted octanol–water partition coefficient (Wildman–Crippen LogP) is 3.31. The molecule has 2 aromatic rings. The van der Waals surface area contributed by atoms with Gasteiger partial charge in [-0.15, -0.1) is 11.8 Å². The summed E-state index contributed by atoms with van der Waals surface area (Å²) in [6.07, 6.45) is 1.95. The van der Waals surface area contributed by atoms with Crippen molar-refractivity contribution in [3.8, 4) is 11.5 Å². The Hall–Kier alpha value is -2.87. The summed E-state index contributed by atoms with van der Waals surface area (Å²) in [6.45, 7) is 0.985. The number of carbonyl (C=O) groups excluding carboxylic acids is 2. The molecule has 8 heteroatoms. The lowest BCUT2D eigenvalue weighted by molar-refractivity contribution is -0.116. The SMILES string of the molecule is COc1ccc(N2CCN(CC(=O)Nc3ccccc3SC)C2=O)cc1OC. The molecule has 3 rings (SSSR count). The van der Waals surface area contributed by atoms with E-state index in [9.17, 15) is 9.59 Å². The lowest BCUT2D eigenvalue weighted by Gasteiger charge is -2.20. The van der Waals surface area contributed by atoms with Crippen molar-refractivity contribution in [1.82, 2.24) is 4.90 Å². The van der Waals surface area contributed by atoms with Crippen molar-refractivity contribution >= 4 is 35.1 Å². The van der Waals surface area contributed by atoms with Crippen LogP contribution in [0.4, 0.5) is 16.2 Å². The second kappa shape index (κ2) is 8.88. The van der Waals surface area contributed by atoms with Gasteiger partial charge in [-0.3, -0.25) is 9.69 Å². The van der Waals surface area contributed by atoms with Gasteiger partial charge in [-0.2, -0.15) is 0 Å². The Morgan fingerprint density at radius 1 is 1.11 bits per heavy atom. The maximum absolute atomic E-state index is 12.8. The molecule has 1 aliphatic heterocycles. The molecule has 1 heterocycles. The normalized spacial score (nSPS) is 13.6. The van der Waals surface area contributed by atoms with Crippen LogP contribution in [0.3, 0.4) is 0 Å². The van der Waals surface area contributed by atoms with Gasteiger partial charge in [-0.25, -0.2) is 4.79 Å². The largest absolute Gasteiger partial charge is 0.493 e. The number of rotatable bonds is 7. The van der Waals surface area contributed by atoms with Crippen LogP contribution in [0.2, 0.25) is 0 Å². The molecular formula is C20H23N3O4S. The summed E-state index contributed by atoms with van der Waals surface area (Å²) < 4.78 is 10.5. The highest BCUT2D eigenvalue weighted by Crippen LogP contribution is 2.32. The van der Waals surface area contributed by atoms with Gasteiger partial charge in [-0.1, -0.05) is 12.1 Å². The fourth-order valence-corrected chi connectivity index (χ4v) is 3.63. The Kier molecular flexibility index (Phi) is 6.30. The van der Waals surface area contributed by atoms with Crippen LogP contribution < -0.4 is 19.7 Å². The molecule has 1 N–H and O–H groups in total. The number of thioether (sulfide) groups is 1. The minimum Gasteiger partial charge on any atom is -0.493 e. The smallest absolute Gasteiger partial charge is 0.325 e. The average Bonchev–Trinajstić information content (AvgIpc) is 3.07. The number of carbonyl (C=O) groups is 2. The first-order chi connectivity index (χ1) is 13.6. The molecule has 0 radical (unpaired) electrons. The van der Waals surface area contributed by atoms with Gasteiger partial charge in [0.15, 0.2) is 11.5 Å². The zero-order valence-electron chi connectivity index (χ0n) is 16.1. The van der Waals surface area contributed by atoms with Crippen LogP contribution in [0.1, 0.15) is 0 Å². The Bertz CT molecular complexity index is 874. The molecule has 0 aromatic heterocycles. The van der Waals surface area contributed by atoms with Crippen molar-refractivity contribution in [2.45, 2.75) is 4.90 Å². The molecular weight excluding hydrogens is 378 g/mol. The summed E-state index contributed by atoms with van der Waals surface area (Å²) in [5.74, 6) is 0.934. The lowest BCUT2D eigenvalue weighted by atomic mass is 10.2. The lowest BCUT2D eigenvalue weighted by Crippen LogP contribution is -2.37. The summed E-state index contributed by atoms with van der Waals surface area (Å²) in [7, 11) is 3.12. The van der Waals surface area contributed by atoms with Gasteiger partial charge < -0.3 is 19.7 Å². The third-order valence-electron chi connectivity index (χ3n) is 4.49.